The molecule has 1 aliphatic rings. The van der Waals surface area contributed by atoms with Crippen LogP contribution in [0.25, 0.3) is 5.70 Å². The van der Waals surface area contributed by atoms with Crippen LogP contribution in [0, 0.1) is 0 Å². The molecule has 0 aliphatic carbocycles. The molecular formula is C12H14FN. The maximum Gasteiger partial charge on any atom is 0.111 e. The normalized spacial score (nSPS) is 17.5. The van der Waals surface area contributed by atoms with Crippen molar-refractivity contribution in [3.8, 4) is 0 Å². The van der Waals surface area contributed by atoms with E-state index in [1.54, 1.807) is 0 Å². The van der Waals surface area contributed by atoms with Crippen molar-refractivity contribution >= 4 is 5.70 Å². The van der Waals surface area contributed by atoms with Gasteiger partial charge in [0.25, 0.3) is 0 Å². The molecule has 1 fully saturated rings. The largest absolute Gasteiger partial charge is 0.369 e. The fourth-order valence-electron chi connectivity index (χ4n) is 1.88. The lowest BCUT2D eigenvalue weighted by atomic mass is 10.1. The summed E-state index contributed by atoms with van der Waals surface area (Å²) in [7, 11) is 0. The van der Waals surface area contributed by atoms with Crippen molar-refractivity contribution in [3.05, 3.63) is 42.2 Å². The minimum atomic E-state index is 0.723. The van der Waals surface area contributed by atoms with E-state index < -0.39 is 0 Å². The molecule has 2 heteroatoms. The van der Waals surface area contributed by atoms with Crippen molar-refractivity contribution in [2.45, 2.75) is 12.8 Å². The predicted octanol–water partition coefficient (Wildman–Crippen LogP) is 3.05. The molecule has 0 atom stereocenters. The molecule has 0 spiro atoms. The molecule has 1 aromatic carbocycles. The van der Waals surface area contributed by atoms with E-state index >= 15 is 0 Å². The minimum Gasteiger partial charge on any atom is -0.369 e. The van der Waals surface area contributed by atoms with Crippen LogP contribution >= 0.6 is 0 Å². The molecule has 0 N–H and O–H groups in total. The van der Waals surface area contributed by atoms with E-state index in [0.717, 1.165) is 30.7 Å². The fraction of sp³-hybridized carbons (Fsp3) is 0.333. The maximum absolute atomic E-state index is 12.8. The first-order valence-corrected chi connectivity index (χ1v) is 5.02. The van der Waals surface area contributed by atoms with Crippen molar-refractivity contribution in [2.24, 2.45) is 0 Å². The summed E-state index contributed by atoms with van der Waals surface area (Å²) in [5.41, 5.74) is 1.69. The lowest BCUT2D eigenvalue weighted by Gasteiger charge is -2.20. The first-order chi connectivity index (χ1) is 6.92. The van der Waals surface area contributed by atoms with Gasteiger partial charge in [-0.2, -0.15) is 0 Å². The second kappa shape index (κ2) is 4.27. The number of hydrogen-bond donors (Lipinski definition) is 0. The van der Waals surface area contributed by atoms with Crippen molar-refractivity contribution in [3.63, 3.8) is 0 Å². The van der Waals surface area contributed by atoms with Gasteiger partial charge in [0.2, 0.25) is 0 Å². The van der Waals surface area contributed by atoms with Crippen molar-refractivity contribution in [1.82, 2.24) is 4.90 Å². The zero-order chi connectivity index (χ0) is 9.80. The average molecular weight is 191 g/mol. The molecule has 1 saturated heterocycles. The van der Waals surface area contributed by atoms with Crippen LogP contribution in [0.15, 0.2) is 36.7 Å². The lowest BCUT2D eigenvalue weighted by molar-refractivity contribution is 0.483. The zero-order valence-electron chi connectivity index (χ0n) is 8.12. The summed E-state index contributed by atoms with van der Waals surface area (Å²) in [6, 6.07) is 9.72. The highest BCUT2D eigenvalue weighted by Crippen LogP contribution is 2.23. The molecule has 1 heterocycles. The van der Waals surface area contributed by atoms with Gasteiger partial charge in [-0.25, -0.2) is 4.39 Å². The summed E-state index contributed by atoms with van der Waals surface area (Å²) < 4.78 is 12.8. The number of likely N-dealkylation sites (tertiary alicyclic amines) is 1. The van der Waals surface area contributed by atoms with Crippen LogP contribution in [0.4, 0.5) is 4.39 Å². The molecule has 0 radical (unpaired) electrons. The zero-order valence-corrected chi connectivity index (χ0v) is 8.12. The van der Waals surface area contributed by atoms with Crippen LogP contribution < -0.4 is 0 Å². The average Bonchev–Trinajstić information content (AvgIpc) is 2.74. The molecule has 14 heavy (non-hydrogen) atoms. The summed E-state index contributed by atoms with van der Waals surface area (Å²) in [5, 5.41) is 0. The third-order valence-electron chi connectivity index (χ3n) is 2.62. The maximum atomic E-state index is 12.8. The van der Waals surface area contributed by atoms with Crippen LogP contribution in [0.3, 0.4) is 0 Å². The molecule has 0 bridgehead atoms. The summed E-state index contributed by atoms with van der Waals surface area (Å²) in [6.07, 6.45) is 3.06. The molecule has 0 amide bonds. The van der Waals surface area contributed by atoms with E-state index in [-0.39, 0.29) is 0 Å². The van der Waals surface area contributed by atoms with E-state index in [9.17, 15) is 4.39 Å². The van der Waals surface area contributed by atoms with E-state index in [1.165, 1.54) is 12.8 Å². The summed E-state index contributed by atoms with van der Waals surface area (Å²) in [4.78, 5) is 2.11. The molecule has 0 unspecified atom stereocenters. The van der Waals surface area contributed by atoms with Crippen LogP contribution in [-0.2, 0) is 0 Å². The smallest absolute Gasteiger partial charge is 0.111 e. The quantitative estimate of drug-likeness (QED) is 0.694. The topological polar surface area (TPSA) is 3.24 Å². The molecule has 1 aromatic rings. The van der Waals surface area contributed by atoms with Gasteiger partial charge in [-0.05, 0) is 12.8 Å². The minimum absolute atomic E-state index is 0.723. The molecule has 74 valence electrons. The Hall–Kier alpha value is -1.31. The Bertz CT molecular complexity index is 312. The first-order valence-electron chi connectivity index (χ1n) is 5.02. The Morgan fingerprint density at radius 1 is 1.14 bits per heavy atom. The second-order valence-electron chi connectivity index (χ2n) is 3.55. The summed E-state index contributed by atoms with van der Waals surface area (Å²) >= 11 is 0. The Labute approximate surface area is 83.9 Å². The van der Waals surface area contributed by atoms with E-state index in [0.29, 0.717) is 0 Å². The first kappa shape index (κ1) is 9.25. The van der Waals surface area contributed by atoms with E-state index in [1.807, 2.05) is 30.3 Å². The molecule has 1 nitrogen and oxygen atoms in total. The number of nitrogens with zero attached hydrogens (tertiary/aromatic N) is 1. The summed E-state index contributed by atoms with van der Waals surface area (Å²) in [6.45, 7) is 1.95. The van der Waals surface area contributed by atoms with Gasteiger partial charge in [-0.15, -0.1) is 0 Å². The van der Waals surface area contributed by atoms with Crippen LogP contribution in [0.5, 0.6) is 0 Å². The predicted molar refractivity (Wildman–Crippen MR) is 56.3 cm³/mol. The highest BCUT2D eigenvalue weighted by Gasteiger charge is 2.15. The number of benzene rings is 1. The molecule has 2 rings (SSSR count). The van der Waals surface area contributed by atoms with Gasteiger partial charge in [0.1, 0.15) is 6.33 Å². The Morgan fingerprint density at radius 2 is 1.79 bits per heavy atom. The van der Waals surface area contributed by atoms with E-state index in [4.69, 9.17) is 0 Å². The second-order valence-corrected chi connectivity index (χ2v) is 3.55. The summed E-state index contributed by atoms with van der Waals surface area (Å²) in [5.74, 6) is 0. The molecule has 0 saturated carbocycles. The van der Waals surface area contributed by atoms with Gasteiger partial charge < -0.3 is 4.90 Å². The van der Waals surface area contributed by atoms with Gasteiger partial charge in [-0.1, -0.05) is 30.3 Å². The van der Waals surface area contributed by atoms with Gasteiger partial charge in [-0.3, -0.25) is 0 Å². The standard InChI is InChI=1S/C12H14FN/c13-10-12(14-8-4-5-9-14)11-6-2-1-3-7-11/h1-3,6-7,10H,4-5,8-9H2/b12-10+. The SMILES string of the molecule is F/C=C(\c1ccccc1)N1CCCC1. The van der Waals surface area contributed by atoms with Crippen LogP contribution in [0.2, 0.25) is 0 Å². The van der Waals surface area contributed by atoms with Crippen LogP contribution in [0.1, 0.15) is 18.4 Å². The van der Waals surface area contributed by atoms with Crippen LogP contribution in [-0.4, -0.2) is 18.0 Å². The van der Waals surface area contributed by atoms with E-state index in [2.05, 4.69) is 4.90 Å². The Balaban J connectivity index is 2.22. The third-order valence-corrected chi connectivity index (χ3v) is 2.62. The lowest BCUT2D eigenvalue weighted by Crippen LogP contribution is -2.17. The molecule has 0 aromatic heterocycles. The van der Waals surface area contributed by atoms with Crippen molar-refractivity contribution in [1.29, 1.82) is 0 Å². The highest BCUT2D eigenvalue weighted by atomic mass is 19.1. The van der Waals surface area contributed by atoms with Gasteiger partial charge in [0, 0.05) is 18.7 Å². The highest BCUT2D eigenvalue weighted by molar-refractivity contribution is 5.63. The number of rotatable bonds is 2. The Kier molecular flexibility index (Phi) is 2.82. The van der Waals surface area contributed by atoms with Gasteiger partial charge >= 0.3 is 0 Å². The Morgan fingerprint density at radius 3 is 2.36 bits per heavy atom. The van der Waals surface area contributed by atoms with Gasteiger partial charge in [0.15, 0.2) is 0 Å². The van der Waals surface area contributed by atoms with Crippen molar-refractivity contribution in [2.75, 3.05) is 13.1 Å². The van der Waals surface area contributed by atoms with Gasteiger partial charge in [0.05, 0.1) is 5.70 Å². The third kappa shape index (κ3) is 1.79. The molecule has 1 aliphatic heterocycles. The van der Waals surface area contributed by atoms with Crippen molar-refractivity contribution < 1.29 is 4.39 Å². The fourth-order valence-corrected chi connectivity index (χ4v) is 1.88. The monoisotopic (exact) mass is 191 g/mol. The number of halogens is 1. The number of hydrogen-bond acceptors (Lipinski definition) is 1. The molecular weight excluding hydrogens is 177 g/mol.